The molecule has 6 nitrogen and oxygen atoms in total. The largest absolute Gasteiger partial charge is 0.344 e. The van der Waals surface area contributed by atoms with Gasteiger partial charge < -0.3 is 10.6 Å². The summed E-state index contributed by atoms with van der Waals surface area (Å²) in [7, 11) is 1.47. The van der Waals surface area contributed by atoms with Gasteiger partial charge in [-0.25, -0.2) is 0 Å². The highest BCUT2D eigenvalue weighted by Crippen LogP contribution is 2.16. The van der Waals surface area contributed by atoms with E-state index < -0.39 is 6.04 Å². The fourth-order valence-electron chi connectivity index (χ4n) is 2.56. The highest BCUT2D eigenvalue weighted by molar-refractivity contribution is 6.01. The van der Waals surface area contributed by atoms with Crippen LogP contribution in [0.5, 0.6) is 0 Å². The molecule has 0 aromatic carbocycles. The molecule has 2 rings (SSSR count). The third-order valence-electron chi connectivity index (χ3n) is 4.00. The quantitative estimate of drug-likeness (QED) is 0.670. The van der Waals surface area contributed by atoms with Crippen LogP contribution in [0.4, 0.5) is 0 Å². The predicted octanol–water partition coefficient (Wildman–Crippen LogP) is -0.362. The third-order valence-corrected chi connectivity index (χ3v) is 4.00. The summed E-state index contributed by atoms with van der Waals surface area (Å²) in [6, 6.07) is -0.0985. The Hall–Kier alpha value is -1.43. The van der Waals surface area contributed by atoms with Crippen molar-refractivity contribution in [1.29, 1.82) is 0 Å². The van der Waals surface area contributed by atoms with Crippen LogP contribution in [0.15, 0.2) is 0 Å². The van der Waals surface area contributed by atoms with Crippen LogP contribution in [-0.2, 0) is 14.4 Å². The summed E-state index contributed by atoms with van der Waals surface area (Å²) in [4.78, 5) is 36.4. The number of imide groups is 1. The summed E-state index contributed by atoms with van der Waals surface area (Å²) < 4.78 is 0. The lowest BCUT2D eigenvalue weighted by Gasteiger charge is -2.31. The molecule has 2 N–H and O–H groups in total. The molecule has 0 bridgehead atoms. The maximum atomic E-state index is 12.1. The van der Waals surface area contributed by atoms with Crippen LogP contribution >= 0.6 is 0 Å². The van der Waals surface area contributed by atoms with Gasteiger partial charge in [0.15, 0.2) is 0 Å². The van der Waals surface area contributed by atoms with E-state index in [4.69, 9.17) is 0 Å². The van der Waals surface area contributed by atoms with Crippen molar-refractivity contribution in [3.8, 4) is 0 Å². The molecule has 0 aliphatic carbocycles. The maximum Gasteiger partial charge on any atom is 0.251 e. The molecule has 0 saturated carbocycles. The number of rotatable bonds is 2. The molecule has 106 valence electrons. The van der Waals surface area contributed by atoms with E-state index in [1.165, 1.54) is 7.05 Å². The molecule has 2 aliphatic heterocycles. The average Bonchev–Trinajstić information content (AvgIpc) is 2.40. The van der Waals surface area contributed by atoms with E-state index >= 15 is 0 Å². The standard InChI is InChI=1S/C13H21N3O3/c1-8-3-4-9(7-14-8)12(18)15-10-5-6-11(17)16(2)13(10)19/h8-10,14H,3-7H2,1-2H3,(H,15,18). The second-order valence-electron chi connectivity index (χ2n) is 5.47. The predicted molar refractivity (Wildman–Crippen MR) is 69.1 cm³/mol. The van der Waals surface area contributed by atoms with Crippen molar-refractivity contribution < 1.29 is 14.4 Å². The number of likely N-dealkylation sites (N-methyl/N-ethyl adjacent to an activating group) is 1. The summed E-state index contributed by atoms with van der Waals surface area (Å²) >= 11 is 0. The first-order chi connectivity index (χ1) is 8.99. The Kier molecular flexibility index (Phi) is 4.19. The molecular weight excluding hydrogens is 246 g/mol. The summed E-state index contributed by atoms with van der Waals surface area (Å²) in [6.07, 6.45) is 2.53. The van der Waals surface area contributed by atoms with Crippen molar-refractivity contribution in [3.05, 3.63) is 0 Å². The van der Waals surface area contributed by atoms with Crippen LogP contribution in [0.25, 0.3) is 0 Å². The number of carbonyl (C=O) groups is 3. The van der Waals surface area contributed by atoms with E-state index in [1.807, 2.05) is 0 Å². The number of likely N-dealkylation sites (tertiary alicyclic amines) is 1. The molecule has 19 heavy (non-hydrogen) atoms. The van der Waals surface area contributed by atoms with E-state index in [-0.39, 0.29) is 23.6 Å². The zero-order valence-electron chi connectivity index (χ0n) is 11.4. The van der Waals surface area contributed by atoms with Gasteiger partial charge in [-0.15, -0.1) is 0 Å². The highest BCUT2D eigenvalue weighted by atomic mass is 16.2. The fraction of sp³-hybridized carbons (Fsp3) is 0.769. The third kappa shape index (κ3) is 3.12. The SMILES string of the molecule is CC1CCC(C(=O)NC2CCC(=O)N(C)C2=O)CN1. The Balaban J connectivity index is 1.88. The van der Waals surface area contributed by atoms with Crippen LogP contribution in [0.1, 0.15) is 32.6 Å². The van der Waals surface area contributed by atoms with Crippen molar-refractivity contribution in [2.75, 3.05) is 13.6 Å². The monoisotopic (exact) mass is 267 g/mol. The molecule has 3 amide bonds. The Morgan fingerprint density at radius 2 is 2.05 bits per heavy atom. The van der Waals surface area contributed by atoms with E-state index in [2.05, 4.69) is 17.6 Å². The molecule has 2 aliphatic rings. The molecular formula is C13H21N3O3. The first-order valence-corrected chi connectivity index (χ1v) is 6.83. The summed E-state index contributed by atoms with van der Waals surface area (Å²) in [5.41, 5.74) is 0. The zero-order valence-corrected chi connectivity index (χ0v) is 11.4. The number of amides is 3. The lowest BCUT2D eigenvalue weighted by molar-refractivity contribution is -0.149. The molecule has 3 atom stereocenters. The number of nitrogens with one attached hydrogen (secondary N) is 2. The smallest absolute Gasteiger partial charge is 0.251 e. The number of hydrogen-bond donors (Lipinski definition) is 2. The summed E-state index contributed by atoms with van der Waals surface area (Å²) in [5.74, 6) is -0.641. The Labute approximate surface area is 112 Å². The Morgan fingerprint density at radius 1 is 1.32 bits per heavy atom. The first-order valence-electron chi connectivity index (χ1n) is 6.83. The van der Waals surface area contributed by atoms with E-state index in [0.717, 1.165) is 17.7 Å². The van der Waals surface area contributed by atoms with Crippen molar-refractivity contribution in [2.45, 2.75) is 44.7 Å². The number of carbonyl (C=O) groups excluding carboxylic acids is 3. The molecule has 2 saturated heterocycles. The Morgan fingerprint density at radius 3 is 2.68 bits per heavy atom. The minimum absolute atomic E-state index is 0.0769. The van der Waals surface area contributed by atoms with Crippen LogP contribution < -0.4 is 10.6 Å². The van der Waals surface area contributed by atoms with Crippen LogP contribution in [0.2, 0.25) is 0 Å². The lowest BCUT2D eigenvalue weighted by Crippen LogP contribution is -2.55. The molecule has 0 aromatic rings. The van der Waals surface area contributed by atoms with E-state index in [9.17, 15) is 14.4 Å². The molecule has 0 spiro atoms. The van der Waals surface area contributed by atoms with Gasteiger partial charge in [-0.3, -0.25) is 19.3 Å². The highest BCUT2D eigenvalue weighted by Gasteiger charge is 2.34. The first kappa shape index (κ1) is 14.0. The van der Waals surface area contributed by atoms with Gasteiger partial charge in [0.1, 0.15) is 6.04 Å². The van der Waals surface area contributed by atoms with E-state index in [0.29, 0.717) is 25.4 Å². The van der Waals surface area contributed by atoms with Gasteiger partial charge >= 0.3 is 0 Å². The van der Waals surface area contributed by atoms with Crippen molar-refractivity contribution in [1.82, 2.24) is 15.5 Å². The van der Waals surface area contributed by atoms with Gasteiger partial charge in [-0.1, -0.05) is 0 Å². The van der Waals surface area contributed by atoms with Gasteiger partial charge in [0.25, 0.3) is 5.91 Å². The number of piperidine rings is 2. The summed E-state index contributed by atoms with van der Waals surface area (Å²) in [6.45, 7) is 2.75. The van der Waals surface area contributed by atoms with Crippen LogP contribution in [-0.4, -0.2) is 48.3 Å². The minimum atomic E-state index is -0.547. The van der Waals surface area contributed by atoms with Crippen molar-refractivity contribution in [3.63, 3.8) is 0 Å². The van der Waals surface area contributed by atoms with Crippen molar-refractivity contribution in [2.24, 2.45) is 5.92 Å². The van der Waals surface area contributed by atoms with Crippen molar-refractivity contribution >= 4 is 17.7 Å². The second-order valence-corrected chi connectivity index (χ2v) is 5.47. The fourth-order valence-corrected chi connectivity index (χ4v) is 2.56. The van der Waals surface area contributed by atoms with Gasteiger partial charge in [0, 0.05) is 26.1 Å². The van der Waals surface area contributed by atoms with Crippen LogP contribution in [0.3, 0.4) is 0 Å². The summed E-state index contributed by atoms with van der Waals surface area (Å²) in [5, 5.41) is 6.05. The molecule has 2 heterocycles. The second kappa shape index (κ2) is 5.69. The van der Waals surface area contributed by atoms with Gasteiger partial charge in [-0.05, 0) is 26.2 Å². The van der Waals surface area contributed by atoms with E-state index in [1.54, 1.807) is 0 Å². The van der Waals surface area contributed by atoms with Gasteiger partial charge in [-0.2, -0.15) is 0 Å². The molecule has 0 radical (unpaired) electrons. The Bertz CT molecular complexity index is 389. The minimum Gasteiger partial charge on any atom is -0.344 e. The zero-order chi connectivity index (χ0) is 14.0. The van der Waals surface area contributed by atoms with Crippen LogP contribution in [0, 0.1) is 5.92 Å². The lowest BCUT2D eigenvalue weighted by atomic mass is 9.94. The van der Waals surface area contributed by atoms with Gasteiger partial charge in [0.05, 0.1) is 5.92 Å². The molecule has 3 unspecified atom stereocenters. The molecule has 6 heteroatoms. The molecule has 2 fully saturated rings. The number of hydrogen-bond acceptors (Lipinski definition) is 4. The molecule has 0 aromatic heterocycles. The topological polar surface area (TPSA) is 78.5 Å². The number of nitrogens with zero attached hydrogens (tertiary/aromatic N) is 1. The average molecular weight is 267 g/mol. The van der Waals surface area contributed by atoms with Gasteiger partial charge in [0.2, 0.25) is 11.8 Å². The normalized spacial score (nSPS) is 32.3. The maximum absolute atomic E-state index is 12.1.